The van der Waals surface area contributed by atoms with Gasteiger partial charge < -0.3 is 5.32 Å². The number of rotatable bonds is 5. The van der Waals surface area contributed by atoms with Gasteiger partial charge in [-0.1, -0.05) is 53.0 Å². The minimum Gasteiger partial charge on any atom is -0.349 e. The molecule has 0 radical (unpaired) electrons. The lowest BCUT2D eigenvalue weighted by Gasteiger charge is -2.15. The Hall–Kier alpha value is -0.870. The van der Waals surface area contributed by atoms with E-state index in [0.29, 0.717) is 15.1 Å². The molecule has 0 aliphatic rings. The van der Waals surface area contributed by atoms with Gasteiger partial charge in [0.2, 0.25) is 5.91 Å². The number of carbonyl (C=O) groups is 1. The molecule has 0 bridgehead atoms. The molecule has 1 N–H and O–H groups in total. The standard InChI is InChI=1S/C16H14Cl3NOS/c1-10(12-4-2-3-5-13(12)18)20-16(21)9-22-15-8-11(17)6-7-14(15)19/h2-8,10H,9H2,1H3,(H,20,21)/t10-/m0/s1. The van der Waals surface area contributed by atoms with Gasteiger partial charge in [-0.15, -0.1) is 11.8 Å². The zero-order valence-electron chi connectivity index (χ0n) is 11.8. The minimum absolute atomic E-state index is 0.0894. The second-order valence-corrected chi connectivity index (χ2v) is 6.94. The first-order valence-corrected chi connectivity index (χ1v) is 8.71. The van der Waals surface area contributed by atoms with E-state index in [1.807, 2.05) is 25.1 Å². The predicted octanol–water partition coefficient (Wildman–Crippen LogP) is 5.62. The highest BCUT2D eigenvalue weighted by Crippen LogP contribution is 2.30. The van der Waals surface area contributed by atoms with E-state index >= 15 is 0 Å². The Morgan fingerprint density at radius 2 is 1.86 bits per heavy atom. The predicted molar refractivity (Wildman–Crippen MR) is 95.2 cm³/mol. The maximum Gasteiger partial charge on any atom is 0.230 e. The molecule has 0 saturated carbocycles. The van der Waals surface area contributed by atoms with E-state index in [9.17, 15) is 4.79 Å². The van der Waals surface area contributed by atoms with Gasteiger partial charge in [0.05, 0.1) is 16.8 Å². The number of halogens is 3. The summed E-state index contributed by atoms with van der Waals surface area (Å²) in [5.74, 6) is 0.169. The van der Waals surface area contributed by atoms with Crippen LogP contribution in [0.5, 0.6) is 0 Å². The van der Waals surface area contributed by atoms with Gasteiger partial charge in [0.25, 0.3) is 0 Å². The van der Waals surface area contributed by atoms with Gasteiger partial charge in [-0.3, -0.25) is 4.79 Å². The van der Waals surface area contributed by atoms with Crippen LogP contribution in [0.1, 0.15) is 18.5 Å². The number of thioether (sulfide) groups is 1. The molecular formula is C16H14Cl3NOS. The van der Waals surface area contributed by atoms with Crippen LogP contribution in [0.3, 0.4) is 0 Å². The average Bonchev–Trinajstić information content (AvgIpc) is 2.48. The maximum absolute atomic E-state index is 12.1. The number of hydrogen-bond donors (Lipinski definition) is 1. The summed E-state index contributed by atoms with van der Waals surface area (Å²) in [4.78, 5) is 12.8. The lowest BCUT2D eigenvalue weighted by atomic mass is 10.1. The molecule has 0 heterocycles. The van der Waals surface area contributed by atoms with Crippen LogP contribution in [0.25, 0.3) is 0 Å². The van der Waals surface area contributed by atoms with Crippen LogP contribution in [-0.2, 0) is 4.79 Å². The lowest BCUT2D eigenvalue weighted by Crippen LogP contribution is -2.28. The Labute approximate surface area is 149 Å². The van der Waals surface area contributed by atoms with Crippen LogP contribution in [0, 0.1) is 0 Å². The molecule has 22 heavy (non-hydrogen) atoms. The second kappa shape index (κ2) is 8.11. The van der Waals surface area contributed by atoms with E-state index in [0.717, 1.165) is 10.5 Å². The Kier molecular flexibility index (Phi) is 6.45. The third kappa shape index (κ3) is 4.82. The number of carbonyl (C=O) groups excluding carboxylic acids is 1. The van der Waals surface area contributed by atoms with E-state index in [2.05, 4.69) is 5.32 Å². The van der Waals surface area contributed by atoms with Gasteiger partial charge in [-0.2, -0.15) is 0 Å². The molecule has 1 atom stereocenters. The zero-order chi connectivity index (χ0) is 16.1. The highest BCUT2D eigenvalue weighted by atomic mass is 35.5. The molecule has 116 valence electrons. The molecule has 0 fully saturated rings. The van der Waals surface area contributed by atoms with E-state index in [4.69, 9.17) is 34.8 Å². The van der Waals surface area contributed by atoms with Gasteiger partial charge in [-0.25, -0.2) is 0 Å². The van der Waals surface area contributed by atoms with Gasteiger partial charge in [0.15, 0.2) is 0 Å². The van der Waals surface area contributed by atoms with Gasteiger partial charge in [0, 0.05) is 14.9 Å². The molecule has 6 heteroatoms. The zero-order valence-corrected chi connectivity index (χ0v) is 14.9. The van der Waals surface area contributed by atoms with Crippen molar-refractivity contribution in [1.29, 1.82) is 0 Å². The quantitative estimate of drug-likeness (QED) is 0.688. The Morgan fingerprint density at radius 3 is 2.59 bits per heavy atom. The molecule has 0 saturated heterocycles. The van der Waals surface area contributed by atoms with Crippen LogP contribution in [0.2, 0.25) is 15.1 Å². The maximum atomic E-state index is 12.1. The molecular weight excluding hydrogens is 361 g/mol. The molecule has 2 rings (SSSR count). The fraction of sp³-hybridized carbons (Fsp3) is 0.188. The van der Waals surface area contributed by atoms with Crippen LogP contribution >= 0.6 is 46.6 Å². The monoisotopic (exact) mass is 373 g/mol. The Morgan fingerprint density at radius 1 is 1.14 bits per heavy atom. The molecule has 1 amide bonds. The summed E-state index contributed by atoms with van der Waals surface area (Å²) < 4.78 is 0. The van der Waals surface area contributed by atoms with Crippen molar-refractivity contribution in [1.82, 2.24) is 5.32 Å². The number of nitrogens with one attached hydrogen (secondary N) is 1. The first kappa shape index (κ1) is 17.5. The smallest absolute Gasteiger partial charge is 0.230 e. The van der Waals surface area contributed by atoms with Crippen molar-refractivity contribution >= 4 is 52.5 Å². The second-order valence-electron chi connectivity index (χ2n) is 4.67. The average molecular weight is 375 g/mol. The summed E-state index contributed by atoms with van der Waals surface area (Å²) in [6.45, 7) is 1.90. The van der Waals surface area contributed by atoms with E-state index in [1.54, 1.807) is 24.3 Å². The normalized spacial score (nSPS) is 12.0. The van der Waals surface area contributed by atoms with Crippen LogP contribution in [0.15, 0.2) is 47.4 Å². The van der Waals surface area contributed by atoms with Gasteiger partial charge in [-0.05, 0) is 36.8 Å². The lowest BCUT2D eigenvalue weighted by molar-refractivity contribution is -0.119. The first-order valence-electron chi connectivity index (χ1n) is 6.59. The molecule has 2 aromatic carbocycles. The van der Waals surface area contributed by atoms with E-state index in [-0.39, 0.29) is 17.7 Å². The minimum atomic E-state index is -0.156. The highest BCUT2D eigenvalue weighted by molar-refractivity contribution is 8.00. The molecule has 0 aliphatic heterocycles. The van der Waals surface area contributed by atoms with E-state index < -0.39 is 0 Å². The largest absolute Gasteiger partial charge is 0.349 e. The molecule has 2 aromatic rings. The summed E-state index contributed by atoms with van der Waals surface area (Å²) in [5, 5.41) is 4.74. The molecule has 0 unspecified atom stereocenters. The third-order valence-corrected chi connectivity index (χ3v) is 5.08. The van der Waals surface area contributed by atoms with Crippen molar-refractivity contribution in [2.75, 3.05) is 5.75 Å². The third-order valence-electron chi connectivity index (χ3n) is 3.00. The van der Waals surface area contributed by atoms with Gasteiger partial charge in [0.1, 0.15) is 0 Å². The van der Waals surface area contributed by atoms with Crippen molar-refractivity contribution in [2.24, 2.45) is 0 Å². The SMILES string of the molecule is C[C@H](NC(=O)CSc1cc(Cl)ccc1Cl)c1ccccc1Cl. The summed E-state index contributed by atoms with van der Waals surface area (Å²) >= 11 is 19.5. The summed E-state index contributed by atoms with van der Waals surface area (Å²) in [7, 11) is 0. The Balaban J connectivity index is 1.93. The van der Waals surface area contributed by atoms with Crippen molar-refractivity contribution in [3.05, 3.63) is 63.1 Å². The molecule has 0 aromatic heterocycles. The summed E-state index contributed by atoms with van der Waals surface area (Å²) in [5.41, 5.74) is 0.892. The van der Waals surface area contributed by atoms with Crippen molar-refractivity contribution < 1.29 is 4.79 Å². The van der Waals surface area contributed by atoms with E-state index in [1.165, 1.54) is 11.8 Å². The van der Waals surface area contributed by atoms with Crippen LogP contribution < -0.4 is 5.32 Å². The van der Waals surface area contributed by atoms with Crippen LogP contribution in [-0.4, -0.2) is 11.7 Å². The topological polar surface area (TPSA) is 29.1 Å². The first-order chi connectivity index (χ1) is 10.5. The van der Waals surface area contributed by atoms with Crippen molar-refractivity contribution in [2.45, 2.75) is 17.9 Å². The number of amides is 1. The Bertz CT molecular complexity index is 678. The van der Waals surface area contributed by atoms with Crippen LogP contribution in [0.4, 0.5) is 0 Å². The summed E-state index contributed by atoms with van der Waals surface area (Å²) in [6.07, 6.45) is 0. The fourth-order valence-corrected chi connectivity index (χ4v) is 3.52. The fourth-order valence-electron chi connectivity index (χ4n) is 1.92. The van der Waals surface area contributed by atoms with Crippen molar-refractivity contribution in [3.8, 4) is 0 Å². The summed E-state index contributed by atoms with van der Waals surface area (Å²) in [6, 6.07) is 12.5. The molecule has 0 aliphatic carbocycles. The number of benzene rings is 2. The highest BCUT2D eigenvalue weighted by Gasteiger charge is 2.13. The molecule has 2 nitrogen and oxygen atoms in total. The van der Waals surface area contributed by atoms with Crippen molar-refractivity contribution in [3.63, 3.8) is 0 Å². The number of hydrogen-bond acceptors (Lipinski definition) is 2. The molecule has 0 spiro atoms. The van der Waals surface area contributed by atoms with Gasteiger partial charge >= 0.3 is 0 Å².